The van der Waals surface area contributed by atoms with Crippen molar-refractivity contribution in [1.82, 2.24) is 0 Å². The fraction of sp³-hybridized carbons (Fsp3) is 0.357. The molecule has 82 valence electrons. The van der Waals surface area contributed by atoms with E-state index < -0.39 is 0 Å². The third kappa shape index (κ3) is 2.43. The molecule has 1 fully saturated rings. The number of carbonyl (C=O) groups is 1. The predicted molar refractivity (Wildman–Crippen MR) is 61.9 cm³/mol. The Balaban J connectivity index is 2.02. The summed E-state index contributed by atoms with van der Waals surface area (Å²) in [6.07, 6.45) is 7.12. The van der Waals surface area contributed by atoms with Crippen LogP contribution in [-0.2, 0) is 4.74 Å². The van der Waals surface area contributed by atoms with E-state index in [0.29, 0.717) is 11.5 Å². The zero-order valence-electron chi connectivity index (χ0n) is 9.27. The van der Waals surface area contributed by atoms with Gasteiger partial charge in [-0.25, -0.2) is 4.79 Å². The number of terminal acetylenes is 1. The standard InChI is InChI=1S/C14H14O2/c1-3-13(11-8-9-11)16-14(15)12-6-4-10(2)5-7-12/h1,4-7,11,13H,8-9H2,2H3/t13-/m0/s1. The van der Waals surface area contributed by atoms with Crippen LogP contribution in [0.4, 0.5) is 0 Å². The second-order valence-electron chi connectivity index (χ2n) is 4.20. The summed E-state index contributed by atoms with van der Waals surface area (Å²) < 4.78 is 5.27. The lowest BCUT2D eigenvalue weighted by Gasteiger charge is -2.11. The van der Waals surface area contributed by atoms with Gasteiger partial charge >= 0.3 is 5.97 Å². The molecule has 0 unspecified atom stereocenters. The second kappa shape index (κ2) is 4.40. The zero-order chi connectivity index (χ0) is 11.5. The van der Waals surface area contributed by atoms with Gasteiger partial charge in [0.1, 0.15) is 0 Å². The molecule has 1 aliphatic rings. The quantitative estimate of drug-likeness (QED) is 0.571. The van der Waals surface area contributed by atoms with Gasteiger partial charge in [-0.2, -0.15) is 0 Å². The fourth-order valence-corrected chi connectivity index (χ4v) is 1.54. The summed E-state index contributed by atoms with van der Waals surface area (Å²) in [6.45, 7) is 1.98. The molecule has 1 atom stereocenters. The Labute approximate surface area is 95.6 Å². The lowest BCUT2D eigenvalue weighted by molar-refractivity contribution is 0.0374. The Morgan fingerprint density at radius 1 is 1.44 bits per heavy atom. The number of esters is 1. The molecule has 1 saturated carbocycles. The number of hydrogen-bond donors (Lipinski definition) is 0. The van der Waals surface area contributed by atoms with Crippen LogP contribution in [0.3, 0.4) is 0 Å². The van der Waals surface area contributed by atoms with Crippen LogP contribution in [0.15, 0.2) is 24.3 Å². The molecule has 2 heteroatoms. The molecular weight excluding hydrogens is 200 g/mol. The van der Waals surface area contributed by atoms with E-state index in [9.17, 15) is 4.79 Å². The van der Waals surface area contributed by atoms with Crippen LogP contribution in [0.1, 0.15) is 28.8 Å². The molecule has 0 aliphatic heterocycles. The second-order valence-corrected chi connectivity index (χ2v) is 4.20. The maximum absolute atomic E-state index is 11.7. The maximum atomic E-state index is 11.7. The summed E-state index contributed by atoms with van der Waals surface area (Å²) >= 11 is 0. The Bertz CT molecular complexity index is 421. The van der Waals surface area contributed by atoms with E-state index in [0.717, 1.165) is 18.4 Å². The molecule has 0 amide bonds. The molecule has 1 aliphatic carbocycles. The first kappa shape index (κ1) is 10.8. The summed E-state index contributed by atoms with van der Waals surface area (Å²) in [5.41, 5.74) is 1.68. The number of carbonyl (C=O) groups excluding carboxylic acids is 1. The van der Waals surface area contributed by atoms with Crippen molar-refractivity contribution in [2.24, 2.45) is 5.92 Å². The fourth-order valence-electron chi connectivity index (χ4n) is 1.54. The predicted octanol–water partition coefficient (Wildman–Crippen LogP) is 2.56. The number of benzene rings is 1. The third-order valence-corrected chi connectivity index (χ3v) is 2.74. The topological polar surface area (TPSA) is 26.3 Å². The van der Waals surface area contributed by atoms with Crippen LogP contribution in [0.25, 0.3) is 0 Å². The molecule has 0 bridgehead atoms. The van der Waals surface area contributed by atoms with Crippen LogP contribution in [0, 0.1) is 25.2 Å². The van der Waals surface area contributed by atoms with Crippen molar-refractivity contribution in [3.63, 3.8) is 0 Å². The van der Waals surface area contributed by atoms with Crippen molar-refractivity contribution in [2.75, 3.05) is 0 Å². The molecule has 1 aromatic carbocycles. The molecule has 0 radical (unpaired) electrons. The minimum atomic E-state index is -0.353. The minimum absolute atomic E-state index is 0.324. The lowest BCUT2D eigenvalue weighted by atomic mass is 10.1. The van der Waals surface area contributed by atoms with E-state index in [4.69, 9.17) is 11.2 Å². The first-order chi connectivity index (χ1) is 7.70. The van der Waals surface area contributed by atoms with Gasteiger partial charge in [0.2, 0.25) is 0 Å². The van der Waals surface area contributed by atoms with E-state index in [-0.39, 0.29) is 12.1 Å². The van der Waals surface area contributed by atoms with E-state index in [1.165, 1.54) is 0 Å². The van der Waals surface area contributed by atoms with Gasteiger partial charge in [-0.3, -0.25) is 0 Å². The molecular formula is C14H14O2. The van der Waals surface area contributed by atoms with Crippen molar-refractivity contribution in [2.45, 2.75) is 25.9 Å². The van der Waals surface area contributed by atoms with Gasteiger partial charge in [0.15, 0.2) is 6.10 Å². The Morgan fingerprint density at radius 2 is 2.06 bits per heavy atom. The summed E-state index contributed by atoms with van der Waals surface area (Å²) in [6, 6.07) is 7.30. The number of ether oxygens (including phenoxy) is 1. The molecule has 0 aromatic heterocycles. The summed E-state index contributed by atoms with van der Waals surface area (Å²) in [7, 11) is 0. The molecule has 0 N–H and O–H groups in total. The normalized spacial score (nSPS) is 16.2. The smallest absolute Gasteiger partial charge is 0.339 e. The average Bonchev–Trinajstić information content (AvgIpc) is 3.10. The molecule has 1 aromatic rings. The third-order valence-electron chi connectivity index (χ3n) is 2.74. The van der Waals surface area contributed by atoms with Gasteiger partial charge in [-0.15, -0.1) is 6.42 Å². The van der Waals surface area contributed by atoms with Gasteiger partial charge in [0.05, 0.1) is 5.56 Å². The van der Waals surface area contributed by atoms with Gasteiger partial charge in [-0.1, -0.05) is 23.6 Å². The highest BCUT2D eigenvalue weighted by molar-refractivity contribution is 5.89. The van der Waals surface area contributed by atoms with E-state index >= 15 is 0 Å². The maximum Gasteiger partial charge on any atom is 0.339 e. The van der Waals surface area contributed by atoms with Gasteiger partial charge < -0.3 is 4.74 Å². The van der Waals surface area contributed by atoms with Gasteiger partial charge in [0, 0.05) is 5.92 Å². The molecule has 16 heavy (non-hydrogen) atoms. The molecule has 2 rings (SSSR count). The van der Waals surface area contributed by atoms with E-state index in [1.54, 1.807) is 12.1 Å². The van der Waals surface area contributed by atoms with Crippen molar-refractivity contribution in [1.29, 1.82) is 0 Å². The van der Waals surface area contributed by atoms with E-state index in [1.807, 2.05) is 19.1 Å². The SMILES string of the molecule is C#C[C@H](OC(=O)c1ccc(C)cc1)C1CC1. The summed E-state index contributed by atoms with van der Waals surface area (Å²) in [4.78, 5) is 11.7. The first-order valence-electron chi connectivity index (χ1n) is 5.44. The Morgan fingerprint density at radius 3 is 2.56 bits per heavy atom. The first-order valence-corrected chi connectivity index (χ1v) is 5.44. The lowest BCUT2D eigenvalue weighted by Crippen LogP contribution is -2.18. The molecule has 0 spiro atoms. The highest BCUT2D eigenvalue weighted by Gasteiger charge is 2.32. The molecule has 0 saturated heterocycles. The summed E-state index contributed by atoms with van der Waals surface area (Å²) in [5, 5.41) is 0. The zero-order valence-corrected chi connectivity index (χ0v) is 9.27. The Hall–Kier alpha value is -1.75. The molecule has 2 nitrogen and oxygen atoms in total. The largest absolute Gasteiger partial charge is 0.445 e. The molecule has 0 heterocycles. The summed E-state index contributed by atoms with van der Waals surface area (Å²) in [5.74, 6) is 2.58. The van der Waals surface area contributed by atoms with Crippen molar-refractivity contribution >= 4 is 5.97 Å². The van der Waals surface area contributed by atoms with Crippen molar-refractivity contribution in [3.8, 4) is 12.3 Å². The van der Waals surface area contributed by atoms with Crippen LogP contribution < -0.4 is 0 Å². The number of aryl methyl sites for hydroxylation is 1. The van der Waals surface area contributed by atoms with Gasteiger partial charge in [0.25, 0.3) is 0 Å². The van der Waals surface area contributed by atoms with Crippen LogP contribution >= 0.6 is 0 Å². The highest BCUT2D eigenvalue weighted by atomic mass is 16.5. The van der Waals surface area contributed by atoms with Crippen molar-refractivity contribution in [3.05, 3.63) is 35.4 Å². The Kier molecular flexibility index (Phi) is 2.96. The number of rotatable bonds is 3. The minimum Gasteiger partial charge on any atom is -0.445 e. The van der Waals surface area contributed by atoms with E-state index in [2.05, 4.69) is 5.92 Å². The van der Waals surface area contributed by atoms with Crippen LogP contribution in [0.2, 0.25) is 0 Å². The van der Waals surface area contributed by atoms with Crippen molar-refractivity contribution < 1.29 is 9.53 Å². The van der Waals surface area contributed by atoms with Crippen LogP contribution in [0.5, 0.6) is 0 Å². The monoisotopic (exact) mass is 214 g/mol. The van der Waals surface area contributed by atoms with Gasteiger partial charge in [-0.05, 0) is 31.9 Å². The van der Waals surface area contributed by atoms with Crippen LogP contribution in [-0.4, -0.2) is 12.1 Å². The highest BCUT2D eigenvalue weighted by Crippen LogP contribution is 2.34. The number of hydrogen-bond acceptors (Lipinski definition) is 2. The average molecular weight is 214 g/mol.